The van der Waals surface area contributed by atoms with Gasteiger partial charge in [-0.15, -0.1) is 10.2 Å². The fraction of sp³-hybridized carbons (Fsp3) is 0.333. The molecule has 6 nitrogen and oxygen atoms in total. The second-order valence-electron chi connectivity index (χ2n) is 6.37. The van der Waals surface area contributed by atoms with Crippen LogP contribution in [0.1, 0.15) is 27.2 Å². The normalized spacial score (nSPS) is 12.0. The molecule has 146 valence electrons. The van der Waals surface area contributed by atoms with E-state index < -0.39 is 0 Å². The van der Waals surface area contributed by atoms with Gasteiger partial charge >= 0.3 is 0 Å². The molecule has 0 fully saturated rings. The Morgan fingerprint density at radius 3 is 2.46 bits per heavy atom. The van der Waals surface area contributed by atoms with Crippen LogP contribution in [0.3, 0.4) is 0 Å². The molecule has 1 atom stereocenters. The van der Waals surface area contributed by atoms with Crippen LogP contribution in [0.15, 0.2) is 60.0 Å². The summed E-state index contributed by atoms with van der Waals surface area (Å²) in [5, 5.41) is 9.25. The number of hydrogen-bond acceptors (Lipinski definition) is 5. The summed E-state index contributed by atoms with van der Waals surface area (Å²) in [6.07, 6.45) is 4.45. The third kappa shape index (κ3) is 4.42. The quantitative estimate of drug-likeness (QED) is 0.533. The minimum absolute atomic E-state index is 0.0650. The van der Waals surface area contributed by atoms with Gasteiger partial charge in [-0.1, -0.05) is 36.9 Å². The Morgan fingerprint density at radius 2 is 1.82 bits per heavy atom. The third-order valence-electron chi connectivity index (χ3n) is 4.38. The molecule has 1 amide bonds. The highest BCUT2D eigenvalue weighted by atomic mass is 32.2. The monoisotopic (exact) mass is 395 g/mol. The molecule has 2 aromatic heterocycles. The number of carbonyl (C=O) groups excluding carboxylic acids is 1. The number of pyridine rings is 1. The van der Waals surface area contributed by atoms with Gasteiger partial charge in [0.2, 0.25) is 5.91 Å². The zero-order chi connectivity index (χ0) is 19.9. The lowest BCUT2D eigenvalue weighted by atomic mass is 10.2. The largest absolute Gasteiger partial charge is 0.312 e. The molecule has 0 aliphatic carbocycles. The lowest BCUT2D eigenvalue weighted by Gasteiger charge is -2.24. The topological polar surface area (TPSA) is 63.9 Å². The van der Waals surface area contributed by atoms with Crippen LogP contribution < -0.4 is 4.90 Å². The van der Waals surface area contributed by atoms with E-state index >= 15 is 0 Å². The number of rotatable bonds is 8. The maximum atomic E-state index is 13.1. The SMILES string of the molecule is CCCn1c(SC(C)C(=O)N(CC)c2ccccc2)nnc1-c1ccncc1. The molecule has 0 saturated carbocycles. The van der Waals surface area contributed by atoms with Crippen molar-refractivity contribution in [3.8, 4) is 11.4 Å². The number of hydrogen-bond donors (Lipinski definition) is 0. The van der Waals surface area contributed by atoms with E-state index in [-0.39, 0.29) is 11.2 Å². The van der Waals surface area contributed by atoms with Crippen molar-refractivity contribution >= 4 is 23.4 Å². The van der Waals surface area contributed by atoms with Gasteiger partial charge in [0.15, 0.2) is 11.0 Å². The molecule has 0 aliphatic heterocycles. The average Bonchev–Trinajstić information content (AvgIpc) is 3.12. The maximum Gasteiger partial charge on any atom is 0.240 e. The molecule has 28 heavy (non-hydrogen) atoms. The fourth-order valence-corrected chi connectivity index (χ4v) is 3.95. The summed E-state index contributed by atoms with van der Waals surface area (Å²) in [6, 6.07) is 13.6. The number of amides is 1. The number of anilines is 1. The number of nitrogens with zero attached hydrogens (tertiary/aromatic N) is 5. The third-order valence-corrected chi connectivity index (χ3v) is 5.45. The summed E-state index contributed by atoms with van der Waals surface area (Å²) in [7, 11) is 0. The van der Waals surface area contributed by atoms with E-state index in [0.29, 0.717) is 6.54 Å². The summed E-state index contributed by atoms with van der Waals surface area (Å²) >= 11 is 1.45. The standard InChI is InChI=1S/C21H25N5OS/c1-4-15-26-19(17-11-13-22-14-12-17)23-24-21(26)28-16(3)20(27)25(5-2)18-9-7-6-8-10-18/h6-14,16H,4-5,15H2,1-3H3. The Hall–Kier alpha value is -2.67. The van der Waals surface area contributed by atoms with Crippen LogP contribution in [0.4, 0.5) is 5.69 Å². The van der Waals surface area contributed by atoms with Crippen molar-refractivity contribution in [1.82, 2.24) is 19.7 Å². The van der Waals surface area contributed by atoms with E-state index in [1.165, 1.54) is 11.8 Å². The van der Waals surface area contributed by atoms with Gasteiger partial charge in [0, 0.05) is 36.7 Å². The van der Waals surface area contributed by atoms with Crippen molar-refractivity contribution < 1.29 is 4.79 Å². The summed E-state index contributed by atoms with van der Waals surface area (Å²) in [4.78, 5) is 18.9. The minimum atomic E-state index is -0.273. The van der Waals surface area contributed by atoms with E-state index in [4.69, 9.17) is 0 Å². The number of aromatic nitrogens is 4. The highest BCUT2D eigenvalue weighted by Crippen LogP contribution is 2.28. The molecule has 2 heterocycles. The van der Waals surface area contributed by atoms with Crippen LogP contribution in [0.5, 0.6) is 0 Å². The zero-order valence-corrected chi connectivity index (χ0v) is 17.3. The van der Waals surface area contributed by atoms with Crippen molar-refractivity contribution in [2.75, 3.05) is 11.4 Å². The molecule has 1 aromatic carbocycles. The molecule has 0 N–H and O–H groups in total. The number of benzene rings is 1. The average molecular weight is 396 g/mol. The van der Waals surface area contributed by atoms with Crippen LogP contribution >= 0.6 is 11.8 Å². The zero-order valence-electron chi connectivity index (χ0n) is 16.4. The van der Waals surface area contributed by atoms with Crippen LogP contribution in [0, 0.1) is 0 Å². The van der Waals surface area contributed by atoms with Gasteiger partial charge in [0.25, 0.3) is 0 Å². The lowest BCUT2D eigenvalue weighted by molar-refractivity contribution is -0.117. The van der Waals surface area contributed by atoms with E-state index in [1.807, 2.05) is 61.2 Å². The van der Waals surface area contributed by atoms with Gasteiger partial charge in [-0.3, -0.25) is 9.78 Å². The second-order valence-corrected chi connectivity index (χ2v) is 7.68. The van der Waals surface area contributed by atoms with Crippen LogP contribution in [0.2, 0.25) is 0 Å². The summed E-state index contributed by atoms with van der Waals surface area (Å²) < 4.78 is 2.09. The second kappa shape index (κ2) is 9.50. The minimum Gasteiger partial charge on any atom is -0.312 e. The molecule has 0 saturated heterocycles. The Morgan fingerprint density at radius 1 is 1.11 bits per heavy atom. The molecule has 0 aliphatic rings. The Balaban J connectivity index is 1.82. The number of carbonyl (C=O) groups is 1. The van der Waals surface area contributed by atoms with Gasteiger partial charge in [-0.25, -0.2) is 0 Å². The molecule has 0 bridgehead atoms. The first-order chi connectivity index (χ1) is 13.7. The molecule has 0 radical (unpaired) electrons. The first kappa shape index (κ1) is 20.1. The lowest BCUT2D eigenvalue weighted by Crippen LogP contribution is -2.36. The van der Waals surface area contributed by atoms with Gasteiger partial charge < -0.3 is 9.47 Å². The summed E-state index contributed by atoms with van der Waals surface area (Å²) in [5.74, 6) is 0.872. The van der Waals surface area contributed by atoms with Gasteiger partial charge in [0.1, 0.15) is 0 Å². The first-order valence-electron chi connectivity index (χ1n) is 9.52. The molecule has 1 unspecified atom stereocenters. The van der Waals surface area contributed by atoms with Crippen molar-refractivity contribution in [3.05, 3.63) is 54.9 Å². The smallest absolute Gasteiger partial charge is 0.240 e. The Kier molecular flexibility index (Phi) is 6.81. The van der Waals surface area contributed by atoms with E-state index in [0.717, 1.165) is 35.2 Å². The van der Waals surface area contributed by atoms with Crippen LogP contribution in [-0.2, 0) is 11.3 Å². The molecule has 0 spiro atoms. The van der Waals surface area contributed by atoms with Crippen molar-refractivity contribution in [2.45, 2.75) is 44.1 Å². The van der Waals surface area contributed by atoms with E-state index in [9.17, 15) is 4.79 Å². The molecule has 3 rings (SSSR count). The van der Waals surface area contributed by atoms with Crippen molar-refractivity contribution in [3.63, 3.8) is 0 Å². The first-order valence-corrected chi connectivity index (χ1v) is 10.4. The van der Waals surface area contributed by atoms with E-state index in [1.54, 1.807) is 12.4 Å². The summed E-state index contributed by atoms with van der Waals surface area (Å²) in [6.45, 7) is 7.45. The maximum absolute atomic E-state index is 13.1. The molecular weight excluding hydrogens is 370 g/mol. The Bertz CT molecular complexity index is 898. The highest BCUT2D eigenvalue weighted by Gasteiger charge is 2.24. The fourth-order valence-electron chi connectivity index (χ4n) is 3.02. The molecular formula is C21H25N5OS. The predicted octanol–water partition coefficient (Wildman–Crippen LogP) is 4.28. The highest BCUT2D eigenvalue weighted by molar-refractivity contribution is 8.00. The molecule has 3 aromatic rings. The summed E-state index contributed by atoms with van der Waals surface area (Å²) in [5.41, 5.74) is 1.89. The molecule has 7 heteroatoms. The van der Waals surface area contributed by atoms with Gasteiger partial charge in [-0.2, -0.15) is 0 Å². The van der Waals surface area contributed by atoms with Gasteiger partial charge in [-0.05, 0) is 44.5 Å². The van der Waals surface area contributed by atoms with Crippen LogP contribution in [0.25, 0.3) is 11.4 Å². The Labute approximate surface area is 170 Å². The van der Waals surface area contributed by atoms with Crippen LogP contribution in [-0.4, -0.2) is 37.5 Å². The van der Waals surface area contributed by atoms with Gasteiger partial charge in [0.05, 0.1) is 5.25 Å². The van der Waals surface area contributed by atoms with E-state index in [2.05, 4.69) is 26.7 Å². The number of para-hydroxylation sites is 1. The van der Waals surface area contributed by atoms with Crippen molar-refractivity contribution in [1.29, 1.82) is 0 Å². The van der Waals surface area contributed by atoms with Crippen molar-refractivity contribution in [2.24, 2.45) is 0 Å². The number of thioether (sulfide) groups is 1. The predicted molar refractivity (Wildman–Crippen MR) is 113 cm³/mol.